The zero-order chi connectivity index (χ0) is 9.30. The van der Waals surface area contributed by atoms with E-state index in [1.165, 1.54) is 6.07 Å². The Bertz CT molecular complexity index is 280. The molecule has 0 aromatic carbocycles. The molecule has 4 N–H and O–H groups in total. The maximum atomic E-state index is 12.2. The van der Waals surface area contributed by atoms with Gasteiger partial charge in [0.2, 0.25) is 0 Å². The van der Waals surface area contributed by atoms with E-state index in [9.17, 15) is 8.78 Å². The van der Waals surface area contributed by atoms with Crippen LogP contribution in [0.25, 0.3) is 0 Å². The minimum absolute atomic E-state index is 0.0515. The van der Waals surface area contributed by atoms with Gasteiger partial charge in [0, 0.05) is 5.69 Å². The van der Waals surface area contributed by atoms with Crippen molar-refractivity contribution in [3.8, 4) is 0 Å². The lowest BCUT2D eigenvalue weighted by molar-refractivity contribution is 0.152. The summed E-state index contributed by atoms with van der Waals surface area (Å²) >= 11 is 2.98. The summed E-state index contributed by atoms with van der Waals surface area (Å²) in [5.74, 6) is -0.239. The normalized spacial score (nSPS) is 10.7. The largest absolute Gasteiger partial charge is 0.398 e. The van der Waals surface area contributed by atoms with Crippen molar-refractivity contribution >= 4 is 27.4 Å². The minimum atomic E-state index is -2.69. The Balaban J connectivity index is 3.28. The number of aromatic nitrogens is 1. The molecule has 6 heteroatoms. The molecule has 0 saturated heterocycles. The molecule has 0 bridgehead atoms. The topological polar surface area (TPSA) is 64.9 Å². The van der Waals surface area contributed by atoms with E-state index in [1.807, 2.05) is 0 Å². The first-order valence-corrected chi connectivity index (χ1v) is 3.81. The highest BCUT2D eigenvalue weighted by molar-refractivity contribution is 9.10. The van der Waals surface area contributed by atoms with E-state index in [1.54, 1.807) is 0 Å². The van der Waals surface area contributed by atoms with Gasteiger partial charge in [0.05, 0.1) is 5.56 Å². The van der Waals surface area contributed by atoms with Crippen molar-refractivity contribution in [1.29, 1.82) is 0 Å². The highest BCUT2D eigenvalue weighted by atomic mass is 79.9. The highest BCUT2D eigenvalue weighted by Crippen LogP contribution is 2.30. The van der Waals surface area contributed by atoms with Crippen LogP contribution in [0.5, 0.6) is 0 Å². The Labute approximate surface area is 75.9 Å². The molecule has 1 rings (SSSR count). The lowest BCUT2D eigenvalue weighted by Gasteiger charge is -2.06. The molecule has 0 unspecified atom stereocenters. The smallest absolute Gasteiger partial charge is 0.269 e. The van der Waals surface area contributed by atoms with Gasteiger partial charge < -0.3 is 11.5 Å². The SMILES string of the molecule is Nc1cc(Br)nc(N)c1C(F)F. The van der Waals surface area contributed by atoms with Gasteiger partial charge in [-0.1, -0.05) is 0 Å². The van der Waals surface area contributed by atoms with Crippen LogP contribution in [0.2, 0.25) is 0 Å². The zero-order valence-corrected chi connectivity index (χ0v) is 7.48. The van der Waals surface area contributed by atoms with Crippen LogP contribution >= 0.6 is 15.9 Å². The van der Waals surface area contributed by atoms with E-state index >= 15 is 0 Å². The van der Waals surface area contributed by atoms with Crippen molar-refractivity contribution in [2.45, 2.75) is 6.43 Å². The third kappa shape index (κ3) is 1.63. The molecule has 0 fully saturated rings. The number of hydrogen-bond acceptors (Lipinski definition) is 3. The first-order valence-electron chi connectivity index (χ1n) is 3.02. The van der Waals surface area contributed by atoms with Crippen molar-refractivity contribution in [1.82, 2.24) is 4.98 Å². The summed E-state index contributed by atoms with van der Waals surface area (Å²) in [7, 11) is 0. The van der Waals surface area contributed by atoms with Crippen molar-refractivity contribution in [2.75, 3.05) is 11.5 Å². The van der Waals surface area contributed by atoms with E-state index in [2.05, 4.69) is 20.9 Å². The fraction of sp³-hybridized carbons (Fsp3) is 0.167. The predicted molar refractivity (Wildman–Crippen MR) is 45.7 cm³/mol. The van der Waals surface area contributed by atoms with Gasteiger partial charge in [-0.15, -0.1) is 0 Å². The van der Waals surface area contributed by atoms with E-state index in [0.717, 1.165) is 0 Å². The van der Waals surface area contributed by atoms with Gasteiger partial charge >= 0.3 is 0 Å². The molecule has 3 nitrogen and oxygen atoms in total. The number of pyridine rings is 1. The summed E-state index contributed by atoms with van der Waals surface area (Å²) < 4.78 is 24.8. The fourth-order valence-electron chi connectivity index (χ4n) is 0.799. The van der Waals surface area contributed by atoms with Gasteiger partial charge in [-0.2, -0.15) is 0 Å². The Morgan fingerprint density at radius 1 is 1.42 bits per heavy atom. The predicted octanol–water partition coefficient (Wildman–Crippen LogP) is 1.95. The lowest BCUT2D eigenvalue weighted by atomic mass is 10.2. The molecular weight excluding hydrogens is 232 g/mol. The van der Waals surface area contributed by atoms with Crippen molar-refractivity contribution in [3.05, 3.63) is 16.2 Å². The van der Waals surface area contributed by atoms with Crippen LogP contribution in [0.15, 0.2) is 10.7 Å². The molecule has 0 spiro atoms. The van der Waals surface area contributed by atoms with Crippen LogP contribution in [0.4, 0.5) is 20.3 Å². The van der Waals surface area contributed by atoms with E-state index in [0.29, 0.717) is 4.60 Å². The third-order valence-electron chi connectivity index (χ3n) is 1.31. The van der Waals surface area contributed by atoms with Crippen LogP contribution in [0, 0.1) is 0 Å². The molecule has 0 saturated carbocycles. The maximum absolute atomic E-state index is 12.2. The number of nitrogen functional groups attached to an aromatic ring is 2. The number of halogens is 3. The number of nitrogens with two attached hydrogens (primary N) is 2. The lowest BCUT2D eigenvalue weighted by Crippen LogP contribution is -2.03. The number of alkyl halides is 2. The van der Waals surface area contributed by atoms with E-state index in [-0.39, 0.29) is 11.5 Å². The molecule has 1 heterocycles. The summed E-state index contributed by atoms with van der Waals surface area (Å²) in [6, 6.07) is 1.29. The van der Waals surface area contributed by atoms with Crippen molar-refractivity contribution in [3.63, 3.8) is 0 Å². The molecule has 0 aliphatic rings. The molecule has 12 heavy (non-hydrogen) atoms. The quantitative estimate of drug-likeness (QED) is 0.735. The van der Waals surface area contributed by atoms with E-state index in [4.69, 9.17) is 11.5 Å². The fourth-order valence-corrected chi connectivity index (χ4v) is 1.24. The monoisotopic (exact) mass is 237 g/mol. The molecule has 0 amide bonds. The average molecular weight is 238 g/mol. The molecule has 0 aliphatic carbocycles. The maximum Gasteiger partial charge on any atom is 0.269 e. The number of anilines is 2. The molecular formula is C6H6BrF2N3. The minimum Gasteiger partial charge on any atom is -0.398 e. The van der Waals surface area contributed by atoms with Crippen molar-refractivity contribution < 1.29 is 8.78 Å². The van der Waals surface area contributed by atoms with Crippen LogP contribution in [-0.4, -0.2) is 4.98 Å². The Morgan fingerprint density at radius 2 is 2.00 bits per heavy atom. The summed E-state index contributed by atoms with van der Waals surface area (Å²) in [4.78, 5) is 3.59. The third-order valence-corrected chi connectivity index (χ3v) is 1.71. The second-order valence-electron chi connectivity index (χ2n) is 2.13. The van der Waals surface area contributed by atoms with Crippen LogP contribution in [0.1, 0.15) is 12.0 Å². The van der Waals surface area contributed by atoms with Gasteiger partial charge in [0.25, 0.3) is 6.43 Å². The Hall–Kier alpha value is -0.910. The summed E-state index contributed by atoms with van der Waals surface area (Å²) in [6.07, 6.45) is -2.69. The second-order valence-corrected chi connectivity index (χ2v) is 2.95. The average Bonchev–Trinajstić information content (AvgIpc) is 1.82. The molecule has 0 radical (unpaired) electrons. The van der Waals surface area contributed by atoms with Gasteiger partial charge in [-0.25, -0.2) is 13.8 Å². The van der Waals surface area contributed by atoms with Crippen molar-refractivity contribution in [2.24, 2.45) is 0 Å². The first-order chi connectivity index (χ1) is 5.52. The highest BCUT2D eigenvalue weighted by Gasteiger charge is 2.16. The number of nitrogens with zero attached hydrogens (tertiary/aromatic N) is 1. The van der Waals surface area contributed by atoms with Gasteiger partial charge in [-0.05, 0) is 22.0 Å². The Kier molecular flexibility index (Phi) is 2.46. The summed E-state index contributed by atoms with van der Waals surface area (Å²) in [5.41, 5.74) is 10.1. The summed E-state index contributed by atoms with van der Waals surface area (Å²) in [6.45, 7) is 0. The van der Waals surface area contributed by atoms with Gasteiger partial charge in [0.1, 0.15) is 10.4 Å². The standard InChI is InChI=1S/C6H6BrF2N3/c7-3-1-2(10)4(5(8)9)6(11)12-3/h1,5H,(H4,10,11,12). The molecule has 0 atom stereocenters. The first kappa shape index (κ1) is 9.18. The molecule has 1 aromatic heterocycles. The summed E-state index contributed by atoms with van der Waals surface area (Å²) in [5, 5.41) is 0. The molecule has 0 aliphatic heterocycles. The van der Waals surface area contributed by atoms with E-state index < -0.39 is 12.0 Å². The molecule has 1 aromatic rings. The second kappa shape index (κ2) is 3.22. The molecule has 66 valence electrons. The van der Waals surface area contributed by atoms with Crippen LogP contribution in [0.3, 0.4) is 0 Å². The Morgan fingerprint density at radius 3 is 2.42 bits per heavy atom. The zero-order valence-electron chi connectivity index (χ0n) is 5.89. The van der Waals surface area contributed by atoms with Gasteiger partial charge in [0.15, 0.2) is 0 Å². The van der Waals surface area contributed by atoms with Gasteiger partial charge in [-0.3, -0.25) is 0 Å². The number of rotatable bonds is 1. The van der Waals surface area contributed by atoms with Crippen LogP contribution in [-0.2, 0) is 0 Å². The van der Waals surface area contributed by atoms with Crippen LogP contribution < -0.4 is 11.5 Å². The number of hydrogen-bond donors (Lipinski definition) is 2.